The topological polar surface area (TPSA) is 231 Å². The minimum absolute atomic E-state index is 0.130. The molecule has 0 radical (unpaired) electrons. The van der Waals surface area contributed by atoms with Crippen molar-refractivity contribution in [1.82, 2.24) is 0 Å². The Balaban J connectivity index is 1.82. The lowest BCUT2D eigenvalue weighted by Crippen LogP contribution is -2.61. The van der Waals surface area contributed by atoms with E-state index in [1.54, 1.807) is 0 Å². The minimum Gasteiger partial charge on any atom is -0.462 e. The number of aliphatic hydroxyl groups excluding tert-OH is 7. The van der Waals surface area contributed by atoms with E-state index in [0.29, 0.717) is 12.8 Å². The summed E-state index contributed by atoms with van der Waals surface area (Å²) in [6.07, 6.45) is 32.9. The van der Waals surface area contributed by atoms with Crippen molar-refractivity contribution >= 4 is 11.9 Å². The monoisotopic (exact) mass is 975 g/mol. The van der Waals surface area contributed by atoms with Crippen molar-refractivity contribution in [3.8, 4) is 0 Å². The second kappa shape index (κ2) is 40.1. The summed E-state index contributed by atoms with van der Waals surface area (Å²) in [4.78, 5) is 25.7. The SMILES string of the molecule is CC/C=C/C=C/C=C/CCCCCCCC(=O)OC(COC(=O)CCCCCC/C=C/C/C=C/C/C=C/C/C=C/C/C=C/CC)CO[C@@H]1O[C@H](CO[C@@H]2O[C@H](CO)[C@H](O)C(O)C2O)[C@H](O)C(O)C1O. The highest BCUT2D eigenvalue weighted by molar-refractivity contribution is 5.70. The van der Waals surface area contributed by atoms with Crippen LogP contribution in [0, 0.1) is 0 Å². The van der Waals surface area contributed by atoms with Crippen molar-refractivity contribution in [2.24, 2.45) is 0 Å². The molecule has 0 bridgehead atoms. The smallest absolute Gasteiger partial charge is 0.306 e. The number of unbranched alkanes of at least 4 members (excludes halogenated alkanes) is 9. The van der Waals surface area contributed by atoms with Gasteiger partial charge in [0.15, 0.2) is 18.7 Å². The fourth-order valence-corrected chi connectivity index (χ4v) is 7.24. The third-order valence-electron chi connectivity index (χ3n) is 11.4. The molecule has 7 N–H and O–H groups in total. The molecule has 0 aliphatic carbocycles. The number of ether oxygens (including phenoxy) is 6. The Morgan fingerprint density at radius 3 is 1.52 bits per heavy atom. The largest absolute Gasteiger partial charge is 0.462 e. The van der Waals surface area contributed by atoms with Gasteiger partial charge in [0, 0.05) is 12.8 Å². The predicted octanol–water partition coefficient (Wildman–Crippen LogP) is 6.98. The molecule has 0 aromatic carbocycles. The lowest BCUT2D eigenvalue weighted by atomic mass is 9.98. The van der Waals surface area contributed by atoms with E-state index in [-0.39, 0.29) is 19.4 Å². The number of carbonyl (C=O) groups excluding carboxylic acids is 2. The zero-order valence-electron chi connectivity index (χ0n) is 41.2. The molecule has 2 aliphatic heterocycles. The molecule has 0 aromatic rings. The Morgan fingerprint density at radius 2 is 0.942 bits per heavy atom. The molecule has 15 nitrogen and oxygen atoms in total. The Morgan fingerprint density at radius 1 is 0.478 bits per heavy atom. The van der Waals surface area contributed by atoms with Crippen LogP contribution in [0.25, 0.3) is 0 Å². The number of carbonyl (C=O) groups is 2. The van der Waals surface area contributed by atoms with Crippen molar-refractivity contribution in [1.29, 1.82) is 0 Å². The molecule has 2 saturated heterocycles. The van der Waals surface area contributed by atoms with Crippen LogP contribution >= 0.6 is 0 Å². The van der Waals surface area contributed by atoms with Crippen LogP contribution in [0.1, 0.15) is 136 Å². The van der Waals surface area contributed by atoms with Gasteiger partial charge in [0.05, 0.1) is 19.8 Å². The molecule has 2 aliphatic rings. The van der Waals surface area contributed by atoms with Gasteiger partial charge in [-0.3, -0.25) is 9.59 Å². The van der Waals surface area contributed by atoms with Gasteiger partial charge in [0.1, 0.15) is 55.4 Å². The number of rotatable bonds is 37. The summed E-state index contributed by atoms with van der Waals surface area (Å²) in [6, 6.07) is 0. The fraction of sp³-hybridized carbons (Fsp3) is 0.667. The van der Waals surface area contributed by atoms with E-state index in [4.69, 9.17) is 28.4 Å². The third-order valence-corrected chi connectivity index (χ3v) is 11.4. The number of hydrogen-bond acceptors (Lipinski definition) is 15. The number of allylic oxidation sites excluding steroid dienone is 16. The van der Waals surface area contributed by atoms with Gasteiger partial charge in [-0.1, -0.05) is 143 Å². The standard InChI is InChI=1S/C54H86O15/c1-3-5-7-9-11-13-15-17-18-19-20-21-22-23-25-26-28-30-32-34-36-45(56)64-39-42(67-46(57)37-35-33-31-29-27-24-16-14-12-10-8-6-4-2)40-65-53-52(63)50(61)48(59)44(69-53)41-66-54-51(62)49(60)47(58)43(38-55)68-54/h5-8,10-14,16-18,20-21,23,25,42-44,47-55,58-63H,3-4,9,15,19,22,24,26-41H2,1-2H3/b7-5+,8-6+,12-10+,13-11+,16-14+,18-17+,21-20+,25-23+/t42?,43-,44-,47+,48+,49?,50?,51?,52?,53-,54-/m1/s1. The third kappa shape index (κ3) is 28.2. The van der Waals surface area contributed by atoms with Crippen LogP contribution in [0.3, 0.4) is 0 Å². The Labute approximate surface area is 411 Å². The highest BCUT2D eigenvalue weighted by atomic mass is 16.7. The van der Waals surface area contributed by atoms with Crippen molar-refractivity contribution < 1.29 is 73.8 Å². The second-order valence-electron chi connectivity index (χ2n) is 17.3. The molecule has 11 atom stereocenters. The summed E-state index contributed by atoms with van der Waals surface area (Å²) in [7, 11) is 0. The summed E-state index contributed by atoms with van der Waals surface area (Å²) in [5.74, 6) is -0.989. The Kier molecular flexibility index (Phi) is 35.7. The fourth-order valence-electron chi connectivity index (χ4n) is 7.24. The van der Waals surface area contributed by atoms with E-state index >= 15 is 0 Å². The molecule has 5 unspecified atom stereocenters. The first-order valence-electron chi connectivity index (χ1n) is 25.4. The molecule has 0 aromatic heterocycles. The maximum Gasteiger partial charge on any atom is 0.306 e. The highest BCUT2D eigenvalue weighted by Gasteiger charge is 2.47. The Bertz CT molecular complexity index is 1570. The first kappa shape index (κ1) is 61.5. The lowest BCUT2D eigenvalue weighted by Gasteiger charge is -2.42. The lowest BCUT2D eigenvalue weighted by molar-refractivity contribution is -0.332. The Hall–Kier alpha value is -3.58. The van der Waals surface area contributed by atoms with Crippen molar-refractivity contribution in [3.63, 3.8) is 0 Å². The summed E-state index contributed by atoms with van der Waals surface area (Å²) < 4.78 is 33.5. The molecule has 69 heavy (non-hydrogen) atoms. The zero-order valence-corrected chi connectivity index (χ0v) is 41.2. The zero-order chi connectivity index (χ0) is 50.3. The molecule has 15 heteroatoms. The average molecular weight is 975 g/mol. The molecule has 0 amide bonds. The molecule has 0 spiro atoms. The van der Waals surface area contributed by atoms with Crippen LogP contribution in [0.4, 0.5) is 0 Å². The van der Waals surface area contributed by atoms with Crippen molar-refractivity contribution in [2.45, 2.75) is 203 Å². The first-order chi connectivity index (χ1) is 33.5. The minimum atomic E-state index is -1.78. The molecule has 0 saturated carbocycles. The predicted molar refractivity (Wildman–Crippen MR) is 265 cm³/mol. The van der Waals surface area contributed by atoms with Crippen molar-refractivity contribution in [2.75, 3.05) is 26.4 Å². The van der Waals surface area contributed by atoms with Gasteiger partial charge in [0.2, 0.25) is 0 Å². The van der Waals surface area contributed by atoms with E-state index in [1.807, 2.05) is 24.3 Å². The van der Waals surface area contributed by atoms with Crippen molar-refractivity contribution in [3.05, 3.63) is 97.2 Å². The van der Waals surface area contributed by atoms with E-state index in [1.165, 1.54) is 0 Å². The number of aliphatic hydroxyl groups is 7. The first-order valence-corrected chi connectivity index (χ1v) is 25.4. The summed E-state index contributed by atoms with van der Waals surface area (Å²) in [6.45, 7) is 2.26. The van der Waals surface area contributed by atoms with E-state index < -0.39 is 99.3 Å². The normalized spacial score (nSPS) is 26.4. The van der Waals surface area contributed by atoms with E-state index in [0.717, 1.165) is 96.3 Å². The van der Waals surface area contributed by atoms with E-state index in [9.17, 15) is 45.3 Å². The van der Waals surface area contributed by atoms with Crippen LogP contribution in [0.15, 0.2) is 97.2 Å². The van der Waals surface area contributed by atoms with Gasteiger partial charge in [-0.2, -0.15) is 0 Å². The van der Waals surface area contributed by atoms with Crippen LogP contribution in [0.2, 0.25) is 0 Å². The highest BCUT2D eigenvalue weighted by Crippen LogP contribution is 2.26. The van der Waals surface area contributed by atoms with Gasteiger partial charge >= 0.3 is 11.9 Å². The van der Waals surface area contributed by atoms with Gasteiger partial charge < -0.3 is 64.2 Å². The van der Waals surface area contributed by atoms with Gasteiger partial charge in [-0.25, -0.2) is 0 Å². The summed E-state index contributed by atoms with van der Waals surface area (Å²) >= 11 is 0. The van der Waals surface area contributed by atoms with Crippen LogP contribution in [0.5, 0.6) is 0 Å². The summed E-state index contributed by atoms with van der Waals surface area (Å²) in [5.41, 5.74) is 0. The second-order valence-corrected chi connectivity index (χ2v) is 17.3. The number of esters is 2. The molecular formula is C54H86O15. The average Bonchev–Trinajstić information content (AvgIpc) is 3.34. The molecular weight excluding hydrogens is 889 g/mol. The van der Waals surface area contributed by atoms with Crippen LogP contribution in [-0.4, -0.2) is 142 Å². The van der Waals surface area contributed by atoms with Crippen LogP contribution in [-0.2, 0) is 38.0 Å². The maximum atomic E-state index is 13.0. The summed E-state index contributed by atoms with van der Waals surface area (Å²) in [5, 5.41) is 72.1. The molecule has 2 fully saturated rings. The van der Waals surface area contributed by atoms with Gasteiger partial charge in [-0.15, -0.1) is 0 Å². The van der Waals surface area contributed by atoms with Gasteiger partial charge in [0.25, 0.3) is 0 Å². The van der Waals surface area contributed by atoms with E-state index in [2.05, 4.69) is 86.8 Å². The molecule has 392 valence electrons. The molecule has 2 rings (SSSR count). The molecule has 2 heterocycles. The van der Waals surface area contributed by atoms with Crippen LogP contribution < -0.4 is 0 Å². The maximum absolute atomic E-state index is 13.0. The van der Waals surface area contributed by atoms with Gasteiger partial charge in [-0.05, 0) is 77.0 Å². The number of hydrogen-bond donors (Lipinski definition) is 7. The quantitative estimate of drug-likeness (QED) is 0.0144.